The van der Waals surface area contributed by atoms with Crippen LogP contribution in [0.25, 0.3) is 21.9 Å². The van der Waals surface area contributed by atoms with Crippen LogP contribution in [0.4, 0.5) is 0 Å². The lowest BCUT2D eigenvalue weighted by Crippen LogP contribution is -1.83. The molecule has 0 aliphatic heterocycles. The zero-order valence-corrected chi connectivity index (χ0v) is 11.4. The summed E-state index contributed by atoms with van der Waals surface area (Å²) in [5, 5.41) is 11.4. The number of hydrogen-bond acceptors (Lipinski definition) is 1. The molecule has 0 unspecified atom stereocenters. The van der Waals surface area contributed by atoms with E-state index in [4.69, 9.17) is 5.26 Å². The van der Waals surface area contributed by atoms with E-state index in [-0.39, 0.29) is 0 Å². The van der Waals surface area contributed by atoms with Crippen LogP contribution in [-0.2, 0) is 6.42 Å². The molecular formula is C19H15N. The van der Waals surface area contributed by atoms with E-state index in [9.17, 15) is 0 Å². The van der Waals surface area contributed by atoms with Crippen LogP contribution in [0.15, 0.2) is 60.7 Å². The number of fused-ring (bicyclic) bond motifs is 1. The third-order valence-electron chi connectivity index (χ3n) is 3.66. The summed E-state index contributed by atoms with van der Waals surface area (Å²) in [5.74, 6) is 0. The first-order chi connectivity index (χ1) is 9.80. The van der Waals surface area contributed by atoms with Gasteiger partial charge in [-0.15, -0.1) is 0 Å². The molecule has 0 spiro atoms. The van der Waals surface area contributed by atoms with E-state index < -0.39 is 0 Å². The summed E-state index contributed by atoms with van der Waals surface area (Å²) in [6.07, 6.45) is 1.06. The van der Waals surface area contributed by atoms with Gasteiger partial charge in [-0.1, -0.05) is 49.4 Å². The Hall–Kier alpha value is -2.59. The highest BCUT2D eigenvalue weighted by Crippen LogP contribution is 2.25. The van der Waals surface area contributed by atoms with Gasteiger partial charge in [0.25, 0.3) is 0 Å². The molecule has 0 aliphatic carbocycles. The maximum Gasteiger partial charge on any atom is 0.0991 e. The van der Waals surface area contributed by atoms with Crippen molar-refractivity contribution in [1.82, 2.24) is 0 Å². The molecular weight excluding hydrogens is 242 g/mol. The zero-order chi connectivity index (χ0) is 13.9. The average molecular weight is 257 g/mol. The molecule has 0 aliphatic rings. The highest BCUT2D eigenvalue weighted by molar-refractivity contribution is 5.87. The predicted molar refractivity (Wildman–Crippen MR) is 83.5 cm³/mol. The Labute approximate surface area is 119 Å². The van der Waals surface area contributed by atoms with Crippen LogP contribution in [0.3, 0.4) is 0 Å². The van der Waals surface area contributed by atoms with E-state index in [1.807, 2.05) is 24.3 Å². The summed E-state index contributed by atoms with van der Waals surface area (Å²) >= 11 is 0. The molecule has 0 saturated heterocycles. The second-order valence-electron chi connectivity index (χ2n) is 4.94. The first-order valence-electron chi connectivity index (χ1n) is 6.83. The molecule has 0 bridgehead atoms. The molecule has 20 heavy (non-hydrogen) atoms. The number of nitrogens with zero attached hydrogens (tertiary/aromatic N) is 1. The molecule has 1 nitrogen and oxygen atoms in total. The van der Waals surface area contributed by atoms with Crippen LogP contribution in [0.2, 0.25) is 0 Å². The fraction of sp³-hybridized carbons (Fsp3) is 0.105. The van der Waals surface area contributed by atoms with Gasteiger partial charge in [0.15, 0.2) is 0 Å². The highest BCUT2D eigenvalue weighted by Gasteiger charge is 2.01. The van der Waals surface area contributed by atoms with Crippen molar-refractivity contribution in [2.75, 3.05) is 0 Å². The van der Waals surface area contributed by atoms with Gasteiger partial charge >= 0.3 is 0 Å². The van der Waals surface area contributed by atoms with Crippen molar-refractivity contribution in [2.45, 2.75) is 13.3 Å². The Kier molecular flexibility index (Phi) is 3.23. The first kappa shape index (κ1) is 12.4. The third-order valence-corrected chi connectivity index (χ3v) is 3.66. The van der Waals surface area contributed by atoms with E-state index in [0.29, 0.717) is 5.56 Å². The molecule has 0 radical (unpaired) electrons. The zero-order valence-electron chi connectivity index (χ0n) is 11.4. The molecule has 3 aromatic carbocycles. The quantitative estimate of drug-likeness (QED) is 0.637. The molecule has 0 N–H and O–H groups in total. The molecule has 0 atom stereocenters. The van der Waals surface area contributed by atoms with Crippen molar-refractivity contribution in [2.24, 2.45) is 0 Å². The van der Waals surface area contributed by atoms with Crippen LogP contribution >= 0.6 is 0 Å². The standard InChI is InChI=1S/C19H15N/c1-2-14-3-8-19-12-18(10-9-17(19)11-14)16-6-4-15(13-20)5-7-16/h3-12H,2H2,1H3. The average Bonchev–Trinajstić information content (AvgIpc) is 2.54. The number of aryl methyl sites for hydroxylation is 1. The van der Waals surface area contributed by atoms with Crippen molar-refractivity contribution < 1.29 is 0 Å². The fourth-order valence-electron chi connectivity index (χ4n) is 2.43. The Balaban J connectivity index is 2.06. The van der Waals surface area contributed by atoms with Gasteiger partial charge < -0.3 is 0 Å². The summed E-state index contributed by atoms with van der Waals surface area (Å²) in [6, 6.07) is 23.0. The lowest BCUT2D eigenvalue weighted by molar-refractivity contribution is 1.15. The van der Waals surface area contributed by atoms with E-state index in [1.54, 1.807) is 0 Å². The minimum Gasteiger partial charge on any atom is -0.192 e. The monoisotopic (exact) mass is 257 g/mol. The van der Waals surface area contributed by atoms with E-state index in [2.05, 4.69) is 49.4 Å². The fourth-order valence-corrected chi connectivity index (χ4v) is 2.43. The normalized spacial score (nSPS) is 10.4. The van der Waals surface area contributed by atoms with Crippen molar-refractivity contribution in [1.29, 1.82) is 5.26 Å². The van der Waals surface area contributed by atoms with Crippen LogP contribution < -0.4 is 0 Å². The number of nitriles is 1. The smallest absolute Gasteiger partial charge is 0.0991 e. The van der Waals surface area contributed by atoms with Crippen molar-refractivity contribution in [3.8, 4) is 17.2 Å². The third kappa shape index (κ3) is 2.29. The van der Waals surface area contributed by atoms with Gasteiger partial charge in [0.2, 0.25) is 0 Å². The largest absolute Gasteiger partial charge is 0.192 e. The molecule has 0 amide bonds. The molecule has 0 aromatic heterocycles. The van der Waals surface area contributed by atoms with Gasteiger partial charge in [0.1, 0.15) is 0 Å². The lowest BCUT2D eigenvalue weighted by Gasteiger charge is -2.06. The van der Waals surface area contributed by atoms with Gasteiger partial charge in [0, 0.05) is 0 Å². The van der Waals surface area contributed by atoms with Crippen LogP contribution in [0.5, 0.6) is 0 Å². The molecule has 0 fully saturated rings. The minimum atomic E-state index is 0.696. The predicted octanol–water partition coefficient (Wildman–Crippen LogP) is 4.94. The van der Waals surface area contributed by atoms with Crippen molar-refractivity contribution in [3.05, 3.63) is 71.8 Å². The molecule has 3 rings (SSSR count). The van der Waals surface area contributed by atoms with Crippen molar-refractivity contribution in [3.63, 3.8) is 0 Å². The van der Waals surface area contributed by atoms with E-state index in [0.717, 1.165) is 12.0 Å². The van der Waals surface area contributed by atoms with E-state index in [1.165, 1.54) is 21.9 Å². The SMILES string of the molecule is CCc1ccc2cc(-c3ccc(C#N)cc3)ccc2c1. The molecule has 0 heterocycles. The lowest BCUT2D eigenvalue weighted by atomic mass is 9.99. The summed E-state index contributed by atoms with van der Waals surface area (Å²) in [6.45, 7) is 2.17. The van der Waals surface area contributed by atoms with Crippen LogP contribution in [-0.4, -0.2) is 0 Å². The van der Waals surface area contributed by atoms with Gasteiger partial charge in [-0.3, -0.25) is 0 Å². The second-order valence-corrected chi connectivity index (χ2v) is 4.94. The topological polar surface area (TPSA) is 23.8 Å². The number of benzene rings is 3. The van der Waals surface area contributed by atoms with E-state index >= 15 is 0 Å². The summed E-state index contributed by atoms with van der Waals surface area (Å²) in [5.41, 5.74) is 4.39. The highest BCUT2D eigenvalue weighted by atomic mass is 14.2. The van der Waals surface area contributed by atoms with Crippen LogP contribution in [0, 0.1) is 11.3 Å². The Morgan fingerprint density at radius 3 is 2.15 bits per heavy atom. The Bertz CT molecular complexity index is 792. The van der Waals surface area contributed by atoms with Gasteiger partial charge in [0.05, 0.1) is 11.6 Å². The maximum atomic E-state index is 8.84. The van der Waals surface area contributed by atoms with Gasteiger partial charge in [-0.25, -0.2) is 0 Å². The minimum absolute atomic E-state index is 0.696. The maximum absolute atomic E-state index is 8.84. The molecule has 1 heteroatoms. The van der Waals surface area contributed by atoms with Gasteiger partial charge in [-0.05, 0) is 52.1 Å². The summed E-state index contributed by atoms with van der Waals surface area (Å²) in [7, 11) is 0. The first-order valence-corrected chi connectivity index (χ1v) is 6.83. The van der Waals surface area contributed by atoms with Crippen molar-refractivity contribution >= 4 is 10.8 Å². The Morgan fingerprint density at radius 2 is 1.45 bits per heavy atom. The summed E-state index contributed by atoms with van der Waals surface area (Å²) in [4.78, 5) is 0. The van der Waals surface area contributed by atoms with Gasteiger partial charge in [-0.2, -0.15) is 5.26 Å². The number of hydrogen-bond donors (Lipinski definition) is 0. The Morgan fingerprint density at radius 1 is 0.800 bits per heavy atom. The molecule has 3 aromatic rings. The second kappa shape index (κ2) is 5.19. The summed E-state index contributed by atoms with van der Waals surface area (Å²) < 4.78 is 0. The molecule has 0 saturated carbocycles. The number of rotatable bonds is 2. The van der Waals surface area contributed by atoms with Crippen LogP contribution in [0.1, 0.15) is 18.1 Å². The molecule has 96 valence electrons.